The molecule has 11 rings (SSSR count). The standard InChI is InChI=1S/C55H38N2/c1-4-16-40(17-5-1)54-49-25-11-10-22-46(49)51-37-41(38-28-32-44(33-29-38)56(42-18-6-2-7-19-42)43-20-8-3-9-21-43)36-50(55(51)54)39-30-34-45(35-31-39)57-52-26-14-12-23-47(52)48-24-13-15-27-53(48)57/h1-37,54H. The number of para-hydroxylation sites is 4. The highest BCUT2D eigenvalue weighted by Crippen LogP contribution is 2.53. The molecule has 268 valence electrons. The van der Waals surface area contributed by atoms with Crippen molar-refractivity contribution < 1.29 is 0 Å². The molecule has 0 N–H and O–H groups in total. The van der Waals surface area contributed by atoms with Crippen LogP contribution in [0.15, 0.2) is 224 Å². The van der Waals surface area contributed by atoms with Crippen LogP contribution >= 0.6 is 0 Å². The second kappa shape index (κ2) is 13.7. The lowest BCUT2D eigenvalue weighted by Crippen LogP contribution is -2.09. The Balaban J connectivity index is 1.07. The molecule has 0 fully saturated rings. The Morgan fingerprint density at radius 1 is 0.351 bits per heavy atom. The van der Waals surface area contributed by atoms with Crippen LogP contribution in [0.1, 0.15) is 22.6 Å². The molecule has 0 saturated carbocycles. The van der Waals surface area contributed by atoms with Crippen LogP contribution in [0.2, 0.25) is 0 Å². The van der Waals surface area contributed by atoms with Crippen LogP contribution in [-0.4, -0.2) is 4.57 Å². The van der Waals surface area contributed by atoms with Gasteiger partial charge in [-0.25, -0.2) is 0 Å². The molecule has 0 amide bonds. The van der Waals surface area contributed by atoms with Crippen molar-refractivity contribution in [3.8, 4) is 39.1 Å². The molecule has 1 unspecified atom stereocenters. The molecule has 1 atom stereocenters. The van der Waals surface area contributed by atoms with Gasteiger partial charge in [0.2, 0.25) is 0 Å². The molecule has 9 aromatic carbocycles. The molecular weight excluding hydrogens is 689 g/mol. The summed E-state index contributed by atoms with van der Waals surface area (Å²) < 4.78 is 2.40. The van der Waals surface area contributed by atoms with Crippen LogP contribution in [-0.2, 0) is 0 Å². The van der Waals surface area contributed by atoms with E-state index >= 15 is 0 Å². The quantitative estimate of drug-likeness (QED) is 0.159. The second-order valence-corrected chi connectivity index (χ2v) is 14.9. The maximum absolute atomic E-state index is 2.43. The van der Waals surface area contributed by atoms with Crippen LogP contribution in [0.4, 0.5) is 17.1 Å². The van der Waals surface area contributed by atoms with Gasteiger partial charge in [0, 0.05) is 39.4 Å². The fourth-order valence-electron chi connectivity index (χ4n) is 9.13. The summed E-state index contributed by atoms with van der Waals surface area (Å²) in [5.41, 5.74) is 18.5. The largest absolute Gasteiger partial charge is 0.311 e. The Morgan fingerprint density at radius 2 is 0.842 bits per heavy atom. The van der Waals surface area contributed by atoms with E-state index in [1.54, 1.807) is 0 Å². The molecule has 0 saturated heterocycles. The number of benzene rings is 9. The van der Waals surface area contributed by atoms with E-state index in [0.29, 0.717) is 0 Å². The van der Waals surface area contributed by atoms with Gasteiger partial charge in [-0.15, -0.1) is 0 Å². The average Bonchev–Trinajstić information content (AvgIpc) is 3.81. The zero-order valence-electron chi connectivity index (χ0n) is 31.3. The zero-order chi connectivity index (χ0) is 37.7. The summed E-state index contributed by atoms with van der Waals surface area (Å²) >= 11 is 0. The van der Waals surface area contributed by atoms with E-state index in [1.807, 2.05) is 0 Å². The average molecular weight is 727 g/mol. The zero-order valence-corrected chi connectivity index (χ0v) is 31.3. The van der Waals surface area contributed by atoms with E-state index in [2.05, 4.69) is 234 Å². The van der Waals surface area contributed by atoms with Gasteiger partial charge < -0.3 is 9.47 Å². The van der Waals surface area contributed by atoms with Gasteiger partial charge in [0.1, 0.15) is 0 Å². The second-order valence-electron chi connectivity index (χ2n) is 14.9. The third-order valence-corrected chi connectivity index (χ3v) is 11.7. The van der Waals surface area contributed by atoms with Crippen molar-refractivity contribution in [3.05, 3.63) is 241 Å². The number of nitrogens with zero attached hydrogens (tertiary/aromatic N) is 2. The van der Waals surface area contributed by atoms with Gasteiger partial charge in [-0.05, 0) is 123 Å². The van der Waals surface area contributed by atoms with Crippen molar-refractivity contribution in [2.45, 2.75) is 5.92 Å². The van der Waals surface area contributed by atoms with E-state index < -0.39 is 0 Å². The van der Waals surface area contributed by atoms with Gasteiger partial charge in [0.25, 0.3) is 0 Å². The lowest BCUT2D eigenvalue weighted by atomic mass is 9.83. The summed E-state index contributed by atoms with van der Waals surface area (Å²) in [6.07, 6.45) is 0. The Bertz CT molecular complexity index is 2940. The SMILES string of the molecule is c1ccc(C2c3ccccc3-c3cc(-c4ccc(N(c5ccccc5)c5ccccc5)cc4)cc(-c4ccc(-n5c6ccccc6c6ccccc65)cc4)c32)cc1. The van der Waals surface area contributed by atoms with Gasteiger partial charge in [-0.3, -0.25) is 0 Å². The van der Waals surface area contributed by atoms with Gasteiger partial charge in [-0.1, -0.05) is 152 Å². The smallest absolute Gasteiger partial charge is 0.0541 e. The highest BCUT2D eigenvalue weighted by atomic mass is 15.1. The number of aromatic nitrogens is 1. The highest BCUT2D eigenvalue weighted by molar-refractivity contribution is 6.09. The number of fused-ring (bicyclic) bond motifs is 6. The van der Waals surface area contributed by atoms with Crippen LogP contribution < -0.4 is 4.90 Å². The Morgan fingerprint density at radius 3 is 1.47 bits per heavy atom. The fourth-order valence-corrected chi connectivity index (χ4v) is 9.13. The van der Waals surface area contributed by atoms with E-state index in [0.717, 1.165) is 22.7 Å². The molecule has 1 aliphatic carbocycles. The molecule has 2 nitrogen and oxygen atoms in total. The third-order valence-electron chi connectivity index (χ3n) is 11.7. The van der Waals surface area contributed by atoms with Gasteiger partial charge in [0.15, 0.2) is 0 Å². The third kappa shape index (κ3) is 5.57. The molecular formula is C55H38N2. The Kier molecular flexibility index (Phi) is 7.93. The summed E-state index contributed by atoms with van der Waals surface area (Å²) in [4.78, 5) is 2.32. The Hall–Kier alpha value is -7.42. The van der Waals surface area contributed by atoms with E-state index in [9.17, 15) is 0 Å². The molecule has 1 aliphatic rings. The molecule has 57 heavy (non-hydrogen) atoms. The molecule has 0 bridgehead atoms. The summed E-state index contributed by atoms with van der Waals surface area (Å²) in [6, 6.07) is 81.8. The minimum Gasteiger partial charge on any atom is -0.311 e. The van der Waals surface area contributed by atoms with Crippen molar-refractivity contribution >= 4 is 38.9 Å². The van der Waals surface area contributed by atoms with Crippen molar-refractivity contribution in [1.82, 2.24) is 4.57 Å². The Labute approximate surface area is 333 Å². The van der Waals surface area contributed by atoms with Crippen LogP contribution in [0.25, 0.3) is 60.9 Å². The van der Waals surface area contributed by atoms with Gasteiger partial charge in [0.05, 0.1) is 11.0 Å². The van der Waals surface area contributed by atoms with Crippen LogP contribution in [0, 0.1) is 0 Å². The fraction of sp³-hybridized carbons (Fsp3) is 0.0182. The van der Waals surface area contributed by atoms with E-state index in [-0.39, 0.29) is 5.92 Å². The highest BCUT2D eigenvalue weighted by Gasteiger charge is 2.33. The van der Waals surface area contributed by atoms with Crippen LogP contribution in [0.3, 0.4) is 0 Å². The lowest BCUT2D eigenvalue weighted by Gasteiger charge is -2.25. The maximum atomic E-state index is 2.43. The van der Waals surface area contributed by atoms with Crippen LogP contribution in [0.5, 0.6) is 0 Å². The number of rotatable bonds is 7. The topological polar surface area (TPSA) is 8.17 Å². The number of hydrogen-bond donors (Lipinski definition) is 0. The minimum absolute atomic E-state index is 0.131. The lowest BCUT2D eigenvalue weighted by molar-refractivity contribution is 1.02. The maximum Gasteiger partial charge on any atom is 0.0541 e. The minimum atomic E-state index is 0.131. The summed E-state index contributed by atoms with van der Waals surface area (Å²) in [5, 5.41) is 2.54. The molecule has 1 heterocycles. The van der Waals surface area contributed by atoms with E-state index in [1.165, 1.54) is 71.9 Å². The normalized spacial score (nSPS) is 13.1. The van der Waals surface area contributed by atoms with Gasteiger partial charge >= 0.3 is 0 Å². The molecule has 0 spiro atoms. The first-order valence-corrected chi connectivity index (χ1v) is 19.7. The molecule has 1 aromatic heterocycles. The van der Waals surface area contributed by atoms with Gasteiger partial charge in [-0.2, -0.15) is 0 Å². The predicted octanol–water partition coefficient (Wildman–Crippen LogP) is 14.7. The first-order chi connectivity index (χ1) is 28.3. The summed E-state index contributed by atoms with van der Waals surface area (Å²) in [5.74, 6) is 0.131. The molecule has 0 radical (unpaired) electrons. The predicted molar refractivity (Wildman–Crippen MR) is 239 cm³/mol. The van der Waals surface area contributed by atoms with Crippen molar-refractivity contribution in [1.29, 1.82) is 0 Å². The van der Waals surface area contributed by atoms with Crippen molar-refractivity contribution in [2.75, 3.05) is 4.90 Å². The molecule has 0 aliphatic heterocycles. The van der Waals surface area contributed by atoms with Crippen molar-refractivity contribution in [2.24, 2.45) is 0 Å². The summed E-state index contributed by atoms with van der Waals surface area (Å²) in [7, 11) is 0. The first-order valence-electron chi connectivity index (χ1n) is 19.7. The number of anilines is 3. The first kappa shape index (κ1) is 33.0. The van der Waals surface area contributed by atoms with Crippen molar-refractivity contribution in [3.63, 3.8) is 0 Å². The molecule has 2 heteroatoms. The molecule has 10 aromatic rings. The summed E-state index contributed by atoms with van der Waals surface area (Å²) in [6.45, 7) is 0. The van der Waals surface area contributed by atoms with E-state index in [4.69, 9.17) is 0 Å². The number of hydrogen-bond acceptors (Lipinski definition) is 1. The monoisotopic (exact) mass is 726 g/mol.